The molecule has 0 radical (unpaired) electrons. The van der Waals surface area contributed by atoms with Crippen LogP contribution < -0.4 is 15.8 Å². The standard InChI is InChI=1S/C19H16FN3O2/c20-17-9-14(19(21)24)6-7-18(17)25-16-5-1-4-15(10-16)23-12-13-3-2-8-22-11-13/h1-11,23H,12H2,(H2,21,24). The number of amides is 1. The van der Waals surface area contributed by atoms with E-state index in [2.05, 4.69) is 10.3 Å². The monoisotopic (exact) mass is 337 g/mol. The molecular formula is C19H16FN3O2. The van der Waals surface area contributed by atoms with Gasteiger partial charge in [0.05, 0.1) is 0 Å². The van der Waals surface area contributed by atoms with Crippen LogP contribution in [0.25, 0.3) is 0 Å². The fraction of sp³-hybridized carbons (Fsp3) is 0.0526. The predicted octanol–water partition coefficient (Wildman–Crippen LogP) is 3.72. The Morgan fingerprint density at radius 3 is 2.76 bits per heavy atom. The second kappa shape index (κ2) is 7.44. The third kappa shape index (κ3) is 4.32. The van der Waals surface area contributed by atoms with Crippen molar-refractivity contribution in [2.75, 3.05) is 5.32 Å². The molecule has 0 unspecified atom stereocenters. The van der Waals surface area contributed by atoms with Crippen molar-refractivity contribution in [3.05, 3.63) is 83.9 Å². The van der Waals surface area contributed by atoms with Crippen molar-refractivity contribution in [2.45, 2.75) is 6.54 Å². The van der Waals surface area contributed by atoms with E-state index in [1.807, 2.05) is 18.2 Å². The van der Waals surface area contributed by atoms with Crippen molar-refractivity contribution < 1.29 is 13.9 Å². The number of halogens is 1. The lowest BCUT2D eigenvalue weighted by Gasteiger charge is -2.10. The molecule has 0 saturated carbocycles. The van der Waals surface area contributed by atoms with Crippen LogP contribution in [0.4, 0.5) is 10.1 Å². The first kappa shape index (κ1) is 16.4. The summed E-state index contributed by atoms with van der Waals surface area (Å²) in [4.78, 5) is 15.1. The van der Waals surface area contributed by atoms with Gasteiger partial charge in [-0.15, -0.1) is 0 Å². The van der Waals surface area contributed by atoms with E-state index in [1.165, 1.54) is 12.1 Å². The molecule has 0 aliphatic heterocycles. The van der Waals surface area contributed by atoms with Gasteiger partial charge in [-0.05, 0) is 42.0 Å². The first-order chi connectivity index (χ1) is 12.1. The van der Waals surface area contributed by atoms with E-state index < -0.39 is 11.7 Å². The number of primary amides is 1. The van der Waals surface area contributed by atoms with Crippen LogP contribution in [0.3, 0.4) is 0 Å². The molecule has 25 heavy (non-hydrogen) atoms. The van der Waals surface area contributed by atoms with Gasteiger partial charge in [0.1, 0.15) is 5.75 Å². The quantitative estimate of drug-likeness (QED) is 0.718. The average molecular weight is 337 g/mol. The van der Waals surface area contributed by atoms with Crippen molar-refractivity contribution >= 4 is 11.6 Å². The number of benzene rings is 2. The van der Waals surface area contributed by atoms with Crippen molar-refractivity contribution in [1.29, 1.82) is 0 Å². The van der Waals surface area contributed by atoms with E-state index in [0.717, 1.165) is 17.3 Å². The highest BCUT2D eigenvalue weighted by atomic mass is 19.1. The SMILES string of the molecule is NC(=O)c1ccc(Oc2cccc(NCc3cccnc3)c2)c(F)c1. The van der Waals surface area contributed by atoms with E-state index >= 15 is 0 Å². The van der Waals surface area contributed by atoms with Gasteiger partial charge in [-0.1, -0.05) is 12.1 Å². The lowest BCUT2D eigenvalue weighted by molar-refractivity contribution is 0.1000. The smallest absolute Gasteiger partial charge is 0.248 e. The number of carbonyl (C=O) groups excluding carboxylic acids is 1. The third-order valence-corrected chi connectivity index (χ3v) is 3.50. The van der Waals surface area contributed by atoms with Gasteiger partial charge in [0, 0.05) is 36.3 Å². The molecule has 0 aliphatic carbocycles. The first-order valence-corrected chi connectivity index (χ1v) is 7.62. The number of hydrogen-bond donors (Lipinski definition) is 2. The Balaban J connectivity index is 1.70. The van der Waals surface area contributed by atoms with Gasteiger partial charge in [0.2, 0.25) is 5.91 Å². The molecule has 2 aromatic carbocycles. The summed E-state index contributed by atoms with van der Waals surface area (Å²) in [5.41, 5.74) is 7.09. The number of hydrogen-bond acceptors (Lipinski definition) is 4. The summed E-state index contributed by atoms with van der Waals surface area (Å²) in [6, 6.07) is 14.9. The van der Waals surface area contributed by atoms with Crippen molar-refractivity contribution in [2.24, 2.45) is 5.73 Å². The number of pyridine rings is 1. The van der Waals surface area contributed by atoms with Crippen LogP contribution in [-0.4, -0.2) is 10.9 Å². The molecule has 0 saturated heterocycles. The average Bonchev–Trinajstić information content (AvgIpc) is 2.63. The maximum atomic E-state index is 14.0. The molecule has 126 valence electrons. The zero-order chi connectivity index (χ0) is 17.6. The fourth-order valence-corrected chi connectivity index (χ4v) is 2.24. The summed E-state index contributed by atoms with van der Waals surface area (Å²) in [5, 5.41) is 3.25. The second-order valence-corrected chi connectivity index (χ2v) is 5.35. The summed E-state index contributed by atoms with van der Waals surface area (Å²) >= 11 is 0. The molecule has 0 fully saturated rings. The molecule has 3 aromatic rings. The molecule has 5 nitrogen and oxygen atoms in total. The largest absolute Gasteiger partial charge is 0.454 e. The van der Waals surface area contributed by atoms with Gasteiger partial charge >= 0.3 is 0 Å². The molecule has 0 aliphatic rings. The third-order valence-electron chi connectivity index (χ3n) is 3.50. The highest BCUT2D eigenvalue weighted by Crippen LogP contribution is 2.27. The summed E-state index contributed by atoms with van der Waals surface area (Å²) in [7, 11) is 0. The van der Waals surface area contributed by atoms with E-state index in [-0.39, 0.29) is 11.3 Å². The van der Waals surface area contributed by atoms with Crippen molar-refractivity contribution in [1.82, 2.24) is 4.98 Å². The summed E-state index contributed by atoms with van der Waals surface area (Å²) in [6.07, 6.45) is 3.50. The molecule has 0 bridgehead atoms. The van der Waals surface area contributed by atoms with Crippen molar-refractivity contribution in [3.63, 3.8) is 0 Å². The van der Waals surface area contributed by atoms with E-state index in [1.54, 1.807) is 30.6 Å². The maximum absolute atomic E-state index is 14.0. The Morgan fingerprint density at radius 2 is 2.04 bits per heavy atom. The molecular weight excluding hydrogens is 321 g/mol. The van der Waals surface area contributed by atoms with Gasteiger partial charge in [-0.25, -0.2) is 4.39 Å². The summed E-state index contributed by atoms with van der Waals surface area (Å²) in [5.74, 6) is -0.839. The number of aromatic nitrogens is 1. The number of ether oxygens (including phenoxy) is 1. The molecule has 0 atom stereocenters. The molecule has 1 aromatic heterocycles. The maximum Gasteiger partial charge on any atom is 0.248 e. The van der Waals surface area contributed by atoms with E-state index in [0.29, 0.717) is 12.3 Å². The van der Waals surface area contributed by atoms with Gasteiger partial charge in [0.25, 0.3) is 0 Å². The molecule has 1 heterocycles. The number of rotatable bonds is 6. The van der Waals surface area contributed by atoms with Gasteiger partial charge < -0.3 is 15.8 Å². The topological polar surface area (TPSA) is 77.2 Å². The number of nitrogens with zero attached hydrogens (tertiary/aromatic N) is 1. The fourth-order valence-electron chi connectivity index (χ4n) is 2.24. The van der Waals surface area contributed by atoms with E-state index in [4.69, 9.17) is 10.5 Å². The Morgan fingerprint density at radius 1 is 1.16 bits per heavy atom. The minimum absolute atomic E-state index is 0.0226. The first-order valence-electron chi connectivity index (χ1n) is 7.62. The minimum atomic E-state index is -0.688. The van der Waals surface area contributed by atoms with Crippen LogP contribution >= 0.6 is 0 Å². The van der Waals surface area contributed by atoms with Crippen LogP contribution in [0.5, 0.6) is 11.5 Å². The molecule has 1 amide bonds. The Bertz CT molecular complexity index is 885. The molecule has 6 heteroatoms. The number of anilines is 1. The highest BCUT2D eigenvalue weighted by molar-refractivity contribution is 5.92. The lowest BCUT2D eigenvalue weighted by atomic mass is 10.2. The van der Waals surface area contributed by atoms with Crippen molar-refractivity contribution in [3.8, 4) is 11.5 Å². The summed E-state index contributed by atoms with van der Waals surface area (Å²) in [6.45, 7) is 0.610. The number of nitrogens with two attached hydrogens (primary N) is 1. The molecule has 3 rings (SSSR count). The zero-order valence-corrected chi connectivity index (χ0v) is 13.3. The predicted molar refractivity (Wildman–Crippen MR) is 93.0 cm³/mol. The van der Waals surface area contributed by atoms with Crippen LogP contribution in [0.15, 0.2) is 67.0 Å². The van der Waals surface area contributed by atoms with Gasteiger partial charge in [0.15, 0.2) is 11.6 Å². The molecule has 3 N–H and O–H groups in total. The lowest BCUT2D eigenvalue weighted by Crippen LogP contribution is -2.11. The van der Waals surface area contributed by atoms with Gasteiger partial charge in [-0.2, -0.15) is 0 Å². The number of nitrogens with one attached hydrogen (secondary N) is 1. The summed E-state index contributed by atoms with van der Waals surface area (Å²) < 4.78 is 19.6. The van der Waals surface area contributed by atoms with Crippen LogP contribution in [0.2, 0.25) is 0 Å². The Hall–Kier alpha value is -3.41. The Kier molecular flexibility index (Phi) is 4.89. The van der Waals surface area contributed by atoms with Crippen LogP contribution in [-0.2, 0) is 6.54 Å². The highest BCUT2D eigenvalue weighted by Gasteiger charge is 2.09. The van der Waals surface area contributed by atoms with Gasteiger partial charge in [-0.3, -0.25) is 9.78 Å². The molecule has 0 spiro atoms. The zero-order valence-electron chi connectivity index (χ0n) is 13.3. The van der Waals surface area contributed by atoms with E-state index in [9.17, 15) is 9.18 Å². The van der Waals surface area contributed by atoms with Crippen LogP contribution in [0, 0.1) is 5.82 Å². The minimum Gasteiger partial charge on any atom is -0.454 e. The Labute approximate surface area is 144 Å². The number of carbonyl (C=O) groups is 1. The second-order valence-electron chi connectivity index (χ2n) is 5.35. The van der Waals surface area contributed by atoms with Crippen LogP contribution in [0.1, 0.15) is 15.9 Å². The normalized spacial score (nSPS) is 10.3.